The number of aromatic nitrogens is 3. The minimum absolute atomic E-state index is 0.0611. The zero-order valence-electron chi connectivity index (χ0n) is 17.6. The van der Waals surface area contributed by atoms with Crippen molar-refractivity contribution in [3.05, 3.63) is 41.9 Å². The Balaban J connectivity index is 0.000000325. The first-order valence-electron chi connectivity index (χ1n) is 10.7. The second-order valence-corrected chi connectivity index (χ2v) is 8.39. The summed E-state index contributed by atoms with van der Waals surface area (Å²) in [5, 5.41) is 15.5. The van der Waals surface area contributed by atoms with E-state index in [4.69, 9.17) is 19.1 Å². The number of halogens is 3. The molecule has 2 saturated heterocycles. The molecule has 2 aromatic rings. The zero-order chi connectivity index (χ0) is 23.6. The van der Waals surface area contributed by atoms with Crippen LogP contribution in [0.1, 0.15) is 47.3 Å². The molecule has 9 nitrogen and oxygen atoms in total. The molecule has 3 atom stereocenters. The largest absolute Gasteiger partial charge is 0.490 e. The quantitative estimate of drug-likeness (QED) is 0.728. The van der Waals surface area contributed by atoms with Crippen LogP contribution in [0.3, 0.4) is 0 Å². The topological polar surface area (TPSA) is 119 Å². The predicted octanol–water partition coefficient (Wildman–Crippen LogP) is 2.70. The summed E-state index contributed by atoms with van der Waals surface area (Å²) >= 11 is 0. The Kier molecular flexibility index (Phi) is 6.63. The molecule has 3 fully saturated rings. The summed E-state index contributed by atoms with van der Waals surface area (Å²) in [7, 11) is 0. The van der Waals surface area contributed by atoms with E-state index >= 15 is 0 Å². The maximum absolute atomic E-state index is 12.6. The number of carbonyl (C=O) groups excluding carboxylic acids is 1. The summed E-state index contributed by atoms with van der Waals surface area (Å²) in [6.45, 7) is 2.19. The van der Waals surface area contributed by atoms with Gasteiger partial charge in [0.15, 0.2) is 0 Å². The van der Waals surface area contributed by atoms with Gasteiger partial charge in [-0.3, -0.25) is 9.78 Å². The van der Waals surface area contributed by atoms with E-state index in [2.05, 4.69) is 15.2 Å². The van der Waals surface area contributed by atoms with Crippen molar-refractivity contribution in [3.8, 4) is 0 Å². The van der Waals surface area contributed by atoms with Crippen molar-refractivity contribution in [2.75, 3.05) is 19.7 Å². The second kappa shape index (κ2) is 9.46. The molecule has 1 aliphatic carbocycles. The number of aliphatic carboxylic acids is 1. The van der Waals surface area contributed by atoms with Crippen LogP contribution in [0, 0.1) is 11.8 Å². The summed E-state index contributed by atoms with van der Waals surface area (Å²) in [6, 6.07) is 3.62. The standard InChI is InChI=1S/C19H22N4O3.C2HF3O2/c24-19(13-2-1-6-20-9-13)23-7-5-15-14(10-23)11-25-16(15)8-17-21-22-18(26-17)12-3-4-12;3-2(4,5)1(6)7/h1-2,6,9,12,14-16H,3-5,7-8,10-11H2;(H,6,7)/t14-,15-,16-;/m1./s1. The molecule has 2 aliphatic heterocycles. The van der Waals surface area contributed by atoms with E-state index in [0.717, 1.165) is 38.2 Å². The lowest BCUT2D eigenvalue weighted by atomic mass is 9.83. The summed E-state index contributed by atoms with van der Waals surface area (Å²) in [4.78, 5) is 27.5. The molecule has 0 spiro atoms. The van der Waals surface area contributed by atoms with Gasteiger partial charge in [0.05, 0.1) is 24.7 Å². The molecule has 0 aromatic carbocycles. The number of hydrogen-bond acceptors (Lipinski definition) is 7. The number of amides is 1. The summed E-state index contributed by atoms with van der Waals surface area (Å²) < 4.78 is 43.6. The van der Waals surface area contributed by atoms with Gasteiger partial charge in [-0.25, -0.2) is 4.79 Å². The van der Waals surface area contributed by atoms with E-state index in [1.165, 1.54) is 0 Å². The number of alkyl halides is 3. The molecule has 0 unspecified atom stereocenters. The number of fused-ring (bicyclic) bond motifs is 1. The summed E-state index contributed by atoms with van der Waals surface area (Å²) in [5.41, 5.74) is 0.653. The number of piperidine rings is 1. The van der Waals surface area contributed by atoms with Crippen molar-refractivity contribution in [3.63, 3.8) is 0 Å². The van der Waals surface area contributed by atoms with Gasteiger partial charge in [-0.15, -0.1) is 10.2 Å². The van der Waals surface area contributed by atoms with E-state index < -0.39 is 12.1 Å². The summed E-state index contributed by atoms with van der Waals surface area (Å²) in [5.74, 6) is 0.0796. The Morgan fingerprint density at radius 2 is 1.97 bits per heavy atom. The fourth-order valence-electron chi connectivity index (χ4n) is 4.17. The third kappa shape index (κ3) is 5.67. The molecular formula is C21H23F3N4O5. The van der Waals surface area contributed by atoms with E-state index in [-0.39, 0.29) is 12.0 Å². The highest BCUT2D eigenvalue weighted by atomic mass is 19.4. The second-order valence-electron chi connectivity index (χ2n) is 8.39. The maximum atomic E-state index is 12.6. The fraction of sp³-hybridized carbons (Fsp3) is 0.571. The lowest BCUT2D eigenvalue weighted by molar-refractivity contribution is -0.192. The van der Waals surface area contributed by atoms with E-state index in [0.29, 0.717) is 42.2 Å². The van der Waals surface area contributed by atoms with Crippen molar-refractivity contribution in [2.45, 2.75) is 43.9 Å². The Morgan fingerprint density at radius 3 is 2.61 bits per heavy atom. The van der Waals surface area contributed by atoms with Crippen LogP contribution in [0.4, 0.5) is 13.2 Å². The molecule has 12 heteroatoms. The first kappa shape index (κ1) is 23.1. The van der Waals surface area contributed by atoms with Gasteiger partial charge in [-0.05, 0) is 37.3 Å². The number of rotatable bonds is 4. The molecule has 33 heavy (non-hydrogen) atoms. The van der Waals surface area contributed by atoms with Crippen molar-refractivity contribution in [2.24, 2.45) is 11.8 Å². The summed E-state index contributed by atoms with van der Waals surface area (Å²) in [6.07, 6.45) is 2.30. The third-order valence-corrected chi connectivity index (χ3v) is 6.02. The van der Waals surface area contributed by atoms with Gasteiger partial charge in [-0.2, -0.15) is 13.2 Å². The molecule has 1 amide bonds. The lowest BCUT2D eigenvalue weighted by Crippen LogP contribution is -2.44. The van der Waals surface area contributed by atoms with Crippen molar-refractivity contribution < 1.29 is 37.0 Å². The molecule has 1 N–H and O–H groups in total. The average molecular weight is 468 g/mol. The SMILES string of the molecule is O=C(O)C(F)(F)F.O=C(c1cccnc1)N1CC[C@@H]2[C@@H](CO[C@@H]2Cc2nnc(C3CC3)o2)C1. The van der Waals surface area contributed by atoms with Gasteiger partial charge >= 0.3 is 12.1 Å². The van der Waals surface area contributed by atoms with Crippen LogP contribution >= 0.6 is 0 Å². The molecule has 4 heterocycles. The number of ether oxygens (including phenoxy) is 1. The lowest BCUT2D eigenvalue weighted by Gasteiger charge is -2.35. The van der Waals surface area contributed by atoms with Crippen molar-refractivity contribution in [1.82, 2.24) is 20.1 Å². The number of nitrogens with zero attached hydrogens (tertiary/aromatic N) is 4. The van der Waals surface area contributed by atoms with Crippen LogP contribution < -0.4 is 0 Å². The highest BCUT2D eigenvalue weighted by molar-refractivity contribution is 5.93. The Hall–Kier alpha value is -3.02. The molecule has 3 aliphatic rings. The van der Waals surface area contributed by atoms with E-state index in [9.17, 15) is 18.0 Å². The molecule has 2 aromatic heterocycles. The van der Waals surface area contributed by atoms with Crippen LogP contribution in [-0.4, -0.2) is 69.0 Å². The fourth-order valence-corrected chi connectivity index (χ4v) is 4.17. The van der Waals surface area contributed by atoms with Crippen LogP contribution in [-0.2, 0) is 16.0 Å². The molecular weight excluding hydrogens is 445 g/mol. The molecule has 0 bridgehead atoms. The number of hydrogen-bond donors (Lipinski definition) is 1. The maximum Gasteiger partial charge on any atom is 0.490 e. The first-order chi connectivity index (χ1) is 15.7. The van der Waals surface area contributed by atoms with Crippen LogP contribution in [0.5, 0.6) is 0 Å². The van der Waals surface area contributed by atoms with E-state index in [1.807, 2.05) is 11.0 Å². The third-order valence-electron chi connectivity index (χ3n) is 6.02. The van der Waals surface area contributed by atoms with Crippen LogP contribution in [0.15, 0.2) is 28.9 Å². The number of pyridine rings is 1. The van der Waals surface area contributed by atoms with Gasteiger partial charge in [0.1, 0.15) is 0 Å². The van der Waals surface area contributed by atoms with Gasteiger partial charge < -0.3 is 19.2 Å². The normalized spacial score (nSPS) is 24.6. The predicted molar refractivity (Wildman–Crippen MR) is 105 cm³/mol. The Bertz CT molecular complexity index is 980. The average Bonchev–Trinajstić information content (AvgIpc) is 3.42. The Morgan fingerprint density at radius 1 is 1.21 bits per heavy atom. The van der Waals surface area contributed by atoms with Gasteiger partial charge in [-0.1, -0.05) is 0 Å². The molecule has 1 saturated carbocycles. The number of likely N-dealkylation sites (tertiary alicyclic amines) is 1. The minimum Gasteiger partial charge on any atom is -0.475 e. The van der Waals surface area contributed by atoms with Crippen LogP contribution in [0.2, 0.25) is 0 Å². The highest BCUT2D eigenvalue weighted by Gasteiger charge is 2.43. The van der Waals surface area contributed by atoms with Crippen LogP contribution in [0.25, 0.3) is 0 Å². The first-order valence-corrected chi connectivity index (χ1v) is 10.7. The molecule has 178 valence electrons. The van der Waals surface area contributed by atoms with Crippen molar-refractivity contribution in [1.29, 1.82) is 0 Å². The van der Waals surface area contributed by atoms with Gasteiger partial charge in [0, 0.05) is 37.3 Å². The molecule has 5 rings (SSSR count). The Labute approximate surface area is 186 Å². The molecule has 0 radical (unpaired) electrons. The van der Waals surface area contributed by atoms with E-state index in [1.54, 1.807) is 18.5 Å². The van der Waals surface area contributed by atoms with Gasteiger partial charge in [0.2, 0.25) is 11.8 Å². The van der Waals surface area contributed by atoms with Crippen molar-refractivity contribution >= 4 is 11.9 Å². The zero-order valence-corrected chi connectivity index (χ0v) is 17.6. The number of carbonyl (C=O) groups is 2. The number of carboxylic acid groups (broad SMARTS) is 1. The van der Waals surface area contributed by atoms with Gasteiger partial charge in [0.25, 0.3) is 5.91 Å². The highest BCUT2D eigenvalue weighted by Crippen LogP contribution is 2.40. The monoisotopic (exact) mass is 468 g/mol. The number of carboxylic acids is 1. The minimum atomic E-state index is -5.08. The smallest absolute Gasteiger partial charge is 0.475 e.